The van der Waals surface area contributed by atoms with Crippen molar-refractivity contribution >= 4 is 10.0 Å². The zero-order valence-corrected chi connectivity index (χ0v) is 5.80. The highest BCUT2D eigenvalue weighted by Crippen LogP contribution is 2.12. The van der Waals surface area contributed by atoms with Gasteiger partial charge in [-0.05, 0) is 6.07 Å². The van der Waals surface area contributed by atoms with Crippen LogP contribution in [0.2, 0.25) is 0 Å². The van der Waals surface area contributed by atoms with E-state index in [1.165, 1.54) is 16.9 Å². The molecule has 1 aliphatic heterocycles. The minimum atomic E-state index is -3.21. The van der Waals surface area contributed by atoms with Crippen LogP contribution in [0.1, 0.15) is 0 Å². The van der Waals surface area contributed by atoms with Gasteiger partial charge < -0.3 is 0 Å². The van der Waals surface area contributed by atoms with Crippen LogP contribution in [0.4, 0.5) is 0 Å². The SMILES string of the molecule is O=S1(=O)NCn2nccc21. The van der Waals surface area contributed by atoms with Crippen LogP contribution in [0.25, 0.3) is 0 Å². The van der Waals surface area contributed by atoms with Crippen molar-refractivity contribution in [3.05, 3.63) is 12.3 Å². The van der Waals surface area contributed by atoms with Crippen LogP contribution in [0.5, 0.6) is 0 Å². The molecule has 0 aliphatic carbocycles. The van der Waals surface area contributed by atoms with Gasteiger partial charge >= 0.3 is 0 Å². The molecule has 0 bridgehead atoms. The van der Waals surface area contributed by atoms with Crippen LogP contribution < -0.4 is 4.72 Å². The highest BCUT2D eigenvalue weighted by molar-refractivity contribution is 7.89. The highest BCUT2D eigenvalue weighted by Gasteiger charge is 2.25. The molecule has 5 nitrogen and oxygen atoms in total. The van der Waals surface area contributed by atoms with Crippen molar-refractivity contribution in [3.63, 3.8) is 0 Å². The third-order valence-electron chi connectivity index (χ3n) is 1.36. The van der Waals surface area contributed by atoms with Gasteiger partial charge in [0.25, 0.3) is 10.0 Å². The van der Waals surface area contributed by atoms with Crippen molar-refractivity contribution in [2.24, 2.45) is 0 Å². The van der Waals surface area contributed by atoms with E-state index in [9.17, 15) is 8.42 Å². The molecule has 0 amide bonds. The fraction of sp³-hybridized carbons (Fsp3) is 0.250. The number of hydrogen-bond acceptors (Lipinski definition) is 3. The van der Waals surface area contributed by atoms with Gasteiger partial charge in [-0.3, -0.25) is 0 Å². The van der Waals surface area contributed by atoms with Crippen LogP contribution in [-0.2, 0) is 16.7 Å². The minimum Gasteiger partial charge on any atom is -0.238 e. The first kappa shape index (κ1) is 5.87. The molecule has 2 rings (SSSR count). The Morgan fingerprint density at radius 2 is 2.50 bits per heavy atom. The lowest BCUT2D eigenvalue weighted by Gasteiger charge is -1.85. The van der Waals surface area contributed by atoms with Crippen molar-refractivity contribution in [3.8, 4) is 0 Å². The molecule has 1 aromatic heterocycles. The quantitative estimate of drug-likeness (QED) is 0.535. The van der Waals surface area contributed by atoms with E-state index in [2.05, 4.69) is 9.82 Å². The van der Waals surface area contributed by atoms with Crippen molar-refractivity contribution in [2.45, 2.75) is 11.7 Å². The number of nitrogens with zero attached hydrogens (tertiary/aromatic N) is 2. The van der Waals surface area contributed by atoms with Gasteiger partial charge in [0.05, 0.1) is 6.20 Å². The average Bonchev–Trinajstić information content (AvgIpc) is 2.36. The summed E-state index contributed by atoms with van der Waals surface area (Å²) in [5.74, 6) is 0. The summed E-state index contributed by atoms with van der Waals surface area (Å²) in [5, 5.41) is 4.01. The second-order valence-electron chi connectivity index (χ2n) is 1.97. The molecule has 2 heterocycles. The Balaban J connectivity index is 2.76. The molecule has 0 saturated heterocycles. The lowest BCUT2D eigenvalue weighted by molar-refractivity contribution is 0.582. The molecule has 10 heavy (non-hydrogen) atoms. The van der Waals surface area contributed by atoms with Crippen LogP contribution >= 0.6 is 0 Å². The summed E-state index contributed by atoms with van der Waals surface area (Å²) in [7, 11) is -3.21. The Morgan fingerprint density at radius 1 is 1.70 bits per heavy atom. The van der Waals surface area contributed by atoms with Crippen molar-refractivity contribution < 1.29 is 8.42 Å². The second kappa shape index (κ2) is 1.58. The maximum Gasteiger partial charge on any atom is 0.259 e. The van der Waals surface area contributed by atoms with Gasteiger partial charge in [-0.15, -0.1) is 0 Å². The second-order valence-corrected chi connectivity index (χ2v) is 3.69. The van der Waals surface area contributed by atoms with Gasteiger partial charge in [-0.1, -0.05) is 0 Å². The Bertz CT molecular complexity index is 352. The number of hydrogen-bond donors (Lipinski definition) is 1. The molecule has 1 N–H and O–H groups in total. The predicted octanol–water partition coefficient (Wildman–Crippen LogP) is -0.868. The molecule has 0 atom stereocenters. The molecule has 54 valence electrons. The number of aromatic nitrogens is 2. The normalized spacial score (nSPS) is 20.8. The van der Waals surface area contributed by atoms with E-state index < -0.39 is 10.0 Å². The summed E-state index contributed by atoms with van der Waals surface area (Å²) in [6.07, 6.45) is 1.47. The van der Waals surface area contributed by atoms with E-state index in [0.29, 0.717) is 0 Å². The van der Waals surface area contributed by atoms with E-state index in [0.717, 1.165) is 0 Å². The molecule has 0 saturated carbocycles. The van der Waals surface area contributed by atoms with Gasteiger partial charge in [0, 0.05) is 0 Å². The Morgan fingerprint density at radius 3 is 3.20 bits per heavy atom. The van der Waals surface area contributed by atoms with E-state index in [4.69, 9.17) is 0 Å². The first-order valence-electron chi connectivity index (χ1n) is 2.72. The number of sulfonamides is 1. The molecule has 0 aromatic carbocycles. The Labute approximate surface area is 57.7 Å². The summed E-state index contributed by atoms with van der Waals surface area (Å²) in [4.78, 5) is 0. The van der Waals surface area contributed by atoms with Gasteiger partial charge in [-0.2, -0.15) is 9.82 Å². The fourth-order valence-corrected chi connectivity index (χ4v) is 1.96. The predicted molar refractivity (Wildman–Crippen MR) is 32.5 cm³/mol. The average molecular weight is 159 g/mol. The maximum atomic E-state index is 10.9. The lowest BCUT2D eigenvalue weighted by Crippen LogP contribution is -2.14. The van der Waals surface area contributed by atoms with Gasteiger partial charge in [-0.25, -0.2) is 13.1 Å². The molecular weight excluding hydrogens is 154 g/mol. The zero-order valence-electron chi connectivity index (χ0n) is 4.98. The Kier molecular flexibility index (Phi) is 0.930. The first-order valence-corrected chi connectivity index (χ1v) is 4.20. The van der Waals surface area contributed by atoms with Crippen LogP contribution in [0.15, 0.2) is 17.3 Å². The van der Waals surface area contributed by atoms with Gasteiger partial charge in [0.1, 0.15) is 6.67 Å². The van der Waals surface area contributed by atoms with Crippen LogP contribution in [0.3, 0.4) is 0 Å². The molecule has 0 spiro atoms. The molecule has 0 unspecified atom stereocenters. The first-order chi connectivity index (χ1) is 4.70. The maximum absolute atomic E-state index is 10.9. The smallest absolute Gasteiger partial charge is 0.238 e. The third-order valence-corrected chi connectivity index (χ3v) is 2.76. The topological polar surface area (TPSA) is 64.0 Å². The standard InChI is InChI=1S/C4H5N3O2S/c8-10(9)4-1-2-5-7(4)3-6-10/h1-2,6H,3H2. The van der Waals surface area contributed by atoms with E-state index >= 15 is 0 Å². The minimum absolute atomic E-state index is 0.243. The number of fused-ring (bicyclic) bond motifs is 1. The summed E-state index contributed by atoms with van der Waals surface area (Å²) in [6.45, 7) is 0.255. The summed E-state index contributed by atoms with van der Waals surface area (Å²) < 4.78 is 25.6. The molecule has 1 aromatic rings. The molecule has 1 aliphatic rings. The van der Waals surface area contributed by atoms with Crippen LogP contribution in [-0.4, -0.2) is 18.2 Å². The van der Waals surface area contributed by atoms with Crippen molar-refractivity contribution in [2.75, 3.05) is 0 Å². The molecule has 0 fully saturated rings. The van der Waals surface area contributed by atoms with Crippen LogP contribution in [0, 0.1) is 0 Å². The van der Waals surface area contributed by atoms with E-state index in [-0.39, 0.29) is 11.7 Å². The van der Waals surface area contributed by atoms with Crippen molar-refractivity contribution in [1.82, 2.24) is 14.5 Å². The fourth-order valence-electron chi connectivity index (χ4n) is 0.888. The van der Waals surface area contributed by atoms with Gasteiger partial charge in [0.2, 0.25) is 0 Å². The van der Waals surface area contributed by atoms with Crippen molar-refractivity contribution in [1.29, 1.82) is 0 Å². The highest BCUT2D eigenvalue weighted by atomic mass is 32.2. The summed E-state index contributed by atoms with van der Waals surface area (Å²) in [6, 6.07) is 1.47. The largest absolute Gasteiger partial charge is 0.259 e. The van der Waals surface area contributed by atoms with Gasteiger partial charge in [0.15, 0.2) is 5.03 Å². The van der Waals surface area contributed by atoms with E-state index in [1.54, 1.807) is 0 Å². The lowest BCUT2D eigenvalue weighted by atomic mass is 10.7. The molecule has 6 heteroatoms. The monoisotopic (exact) mass is 159 g/mol. The third kappa shape index (κ3) is 0.598. The number of rotatable bonds is 0. The summed E-state index contributed by atoms with van der Waals surface area (Å²) in [5.41, 5.74) is 0. The Hall–Kier alpha value is -0.880. The van der Waals surface area contributed by atoms with E-state index in [1.807, 2.05) is 0 Å². The zero-order chi connectivity index (χ0) is 7.19. The molecule has 0 radical (unpaired) electrons. The number of nitrogens with one attached hydrogen (secondary N) is 1. The summed E-state index contributed by atoms with van der Waals surface area (Å²) >= 11 is 0. The molecular formula is C4H5N3O2S.